The van der Waals surface area contributed by atoms with Gasteiger partial charge >= 0.3 is 0 Å². The molecule has 0 bridgehead atoms. The van der Waals surface area contributed by atoms with Crippen LogP contribution in [0.1, 0.15) is 13.8 Å². The molecular weight excluding hydrogens is 265 g/mol. The molecule has 0 aliphatic rings. The number of nitrogens with zero attached hydrogens (tertiary/aromatic N) is 1. The molecule has 0 saturated heterocycles. The summed E-state index contributed by atoms with van der Waals surface area (Å²) in [5, 5.41) is 3.04. The van der Waals surface area contributed by atoms with Gasteiger partial charge in [-0.25, -0.2) is 0 Å². The highest BCUT2D eigenvalue weighted by atomic mass is 127. The van der Waals surface area contributed by atoms with E-state index in [1.165, 1.54) is 0 Å². The van der Waals surface area contributed by atoms with Gasteiger partial charge < -0.3 is 8.85 Å². The van der Waals surface area contributed by atoms with Gasteiger partial charge in [0.2, 0.25) is 0 Å². The van der Waals surface area contributed by atoms with Crippen molar-refractivity contribution in [1.29, 1.82) is 0 Å². The smallest absolute Gasteiger partial charge is 0.0789 e. The first-order valence-electron chi connectivity index (χ1n) is 3.60. The lowest BCUT2D eigenvalue weighted by molar-refractivity contribution is 0.945. The second-order valence-corrected chi connectivity index (χ2v) is 2.71. The van der Waals surface area contributed by atoms with Gasteiger partial charge in [0.25, 0.3) is 0 Å². The van der Waals surface area contributed by atoms with Crippen LogP contribution in [0.25, 0.3) is 0 Å². The van der Waals surface area contributed by atoms with Crippen LogP contribution < -0.4 is 8.85 Å². The van der Waals surface area contributed by atoms with E-state index in [0.717, 1.165) is 17.1 Å². The van der Waals surface area contributed by atoms with E-state index >= 15 is 0 Å². The second kappa shape index (κ2) is 6.05. The molecule has 4 heteroatoms. The fourth-order valence-corrected chi connectivity index (χ4v) is 1.13. The number of hydrogen-bond donors (Lipinski definition) is 2. The Hall–Kier alpha value is -0.520. The van der Waals surface area contributed by atoms with E-state index in [-0.39, 0.29) is 0 Å². The quantitative estimate of drug-likeness (QED) is 0.357. The van der Waals surface area contributed by atoms with E-state index in [2.05, 4.69) is 20.4 Å². The van der Waals surface area contributed by atoms with Crippen LogP contribution in [0.2, 0.25) is 0 Å². The van der Waals surface area contributed by atoms with Gasteiger partial charge in [0, 0.05) is 13.3 Å². The first kappa shape index (κ1) is 11.5. The summed E-state index contributed by atoms with van der Waals surface area (Å²) >= 11 is 2.04. The number of nitrogens with one attached hydrogen (secondary N) is 2. The standard InChI is InChI=1S/C8H14IN3/c1-5-11-6(2)8(10-4)7(3)12-9/h5,10,12H,3H2,1-2,4H3/b8-6-,11-5?. The number of aliphatic imine (C=N–C) groups is 1. The van der Waals surface area contributed by atoms with E-state index in [0.29, 0.717) is 0 Å². The Labute approximate surface area is 87.5 Å². The van der Waals surface area contributed by atoms with E-state index < -0.39 is 0 Å². The zero-order chi connectivity index (χ0) is 9.56. The predicted octanol–water partition coefficient (Wildman–Crippen LogP) is 1.98. The lowest BCUT2D eigenvalue weighted by Crippen LogP contribution is -2.14. The van der Waals surface area contributed by atoms with Crippen LogP contribution in [-0.2, 0) is 0 Å². The Bertz CT molecular complexity index is 218. The lowest BCUT2D eigenvalue weighted by atomic mass is 10.3. The van der Waals surface area contributed by atoms with Crippen molar-refractivity contribution in [2.24, 2.45) is 4.99 Å². The summed E-state index contributed by atoms with van der Waals surface area (Å²) in [5.41, 5.74) is 2.69. The second-order valence-electron chi connectivity index (χ2n) is 2.17. The molecule has 0 spiro atoms. The molecule has 0 aromatic carbocycles. The van der Waals surface area contributed by atoms with E-state index in [9.17, 15) is 0 Å². The highest BCUT2D eigenvalue weighted by molar-refractivity contribution is 14.1. The molecule has 0 radical (unpaired) electrons. The van der Waals surface area contributed by atoms with Gasteiger partial charge in [0.1, 0.15) is 0 Å². The van der Waals surface area contributed by atoms with Crippen LogP contribution in [-0.4, -0.2) is 13.3 Å². The van der Waals surface area contributed by atoms with E-state index in [1.807, 2.05) is 43.8 Å². The van der Waals surface area contributed by atoms with Crippen LogP contribution in [0.15, 0.2) is 28.7 Å². The maximum Gasteiger partial charge on any atom is 0.0789 e. The average Bonchev–Trinajstić information content (AvgIpc) is 2.06. The fourth-order valence-electron chi connectivity index (χ4n) is 0.856. The third-order valence-electron chi connectivity index (χ3n) is 1.35. The van der Waals surface area contributed by atoms with Crippen molar-refractivity contribution < 1.29 is 0 Å². The summed E-state index contributed by atoms with van der Waals surface area (Å²) in [5.74, 6) is 0. The minimum Gasteiger partial charge on any atom is -0.385 e. The molecule has 0 aromatic heterocycles. The summed E-state index contributed by atoms with van der Waals surface area (Å²) in [6, 6.07) is 0. The van der Waals surface area contributed by atoms with Crippen molar-refractivity contribution in [3.05, 3.63) is 23.7 Å². The van der Waals surface area contributed by atoms with E-state index in [4.69, 9.17) is 0 Å². The minimum atomic E-state index is 0.834. The molecule has 0 atom stereocenters. The number of allylic oxidation sites excluding steroid dienone is 1. The Morgan fingerprint density at radius 2 is 2.17 bits per heavy atom. The van der Waals surface area contributed by atoms with Crippen molar-refractivity contribution in [3.63, 3.8) is 0 Å². The highest BCUT2D eigenvalue weighted by Crippen LogP contribution is 2.09. The lowest BCUT2D eigenvalue weighted by Gasteiger charge is -2.09. The molecule has 3 nitrogen and oxygen atoms in total. The molecule has 0 aliphatic heterocycles. The normalized spacial score (nSPS) is 12.7. The van der Waals surface area contributed by atoms with Crippen molar-refractivity contribution >= 4 is 29.1 Å². The SMILES string of the molecule is C=C(NI)/C(NC)=C(\C)N=CC. The molecule has 2 N–H and O–H groups in total. The van der Waals surface area contributed by atoms with Crippen LogP contribution in [0.5, 0.6) is 0 Å². The van der Waals surface area contributed by atoms with Crippen LogP contribution >= 0.6 is 22.9 Å². The van der Waals surface area contributed by atoms with Gasteiger partial charge in [-0.15, -0.1) is 0 Å². The maximum atomic E-state index is 4.15. The Balaban J connectivity index is 4.72. The molecule has 0 saturated carbocycles. The predicted molar refractivity (Wildman–Crippen MR) is 62.2 cm³/mol. The van der Waals surface area contributed by atoms with Crippen LogP contribution in [0, 0.1) is 0 Å². The number of likely N-dealkylation sites (N-methyl/N-ethyl adjacent to an activating group) is 1. The average molecular weight is 279 g/mol. The van der Waals surface area contributed by atoms with Gasteiger partial charge in [0.05, 0.1) is 40.0 Å². The Kier molecular flexibility index (Phi) is 5.79. The molecule has 0 aromatic rings. The first-order chi connectivity index (χ1) is 5.67. The van der Waals surface area contributed by atoms with E-state index in [1.54, 1.807) is 6.21 Å². The third-order valence-corrected chi connectivity index (χ3v) is 2.00. The monoisotopic (exact) mass is 279 g/mol. The summed E-state index contributed by atoms with van der Waals surface area (Å²) < 4.78 is 2.94. The number of rotatable bonds is 4. The molecule has 0 aliphatic carbocycles. The summed E-state index contributed by atoms with van der Waals surface area (Å²) in [6.45, 7) is 7.66. The largest absolute Gasteiger partial charge is 0.385 e. The van der Waals surface area contributed by atoms with Crippen LogP contribution in [0.4, 0.5) is 0 Å². The minimum absolute atomic E-state index is 0.834. The fraction of sp³-hybridized carbons (Fsp3) is 0.375. The zero-order valence-electron chi connectivity index (χ0n) is 7.61. The van der Waals surface area contributed by atoms with Crippen molar-refractivity contribution in [2.45, 2.75) is 13.8 Å². The summed E-state index contributed by atoms with van der Waals surface area (Å²) in [4.78, 5) is 4.15. The molecule has 0 heterocycles. The third kappa shape index (κ3) is 3.25. The van der Waals surface area contributed by atoms with Gasteiger partial charge in [-0.2, -0.15) is 0 Å². The van der Waals surface area contributed by atoms with Crippen molar-refractivity contribution in [3.8, 4) is 0 Å². The summed E-state index contributed by atoms with van der Waals surface area (Å²) in [7, 11) is 1.85. The van der Waals surface area contributed by atoms with Gasteiger partial charge in [-0.3, -0.25) is 4.99 Å². The molecule has 0 amide bonds. The molecule has 0 rings (SSSR count). The zero-order valence-corrected chi connectivity index (χ0v) is 9.77. The Morgan fingerprint density at radius 1 is 1.58 bits per heavy atom. The molecule has 0 unspecified atom stereocenters. The summed E-state index contributed by atoms with van der Waals surface area (Å²) in [6.07, 6.45) is 1.76. The Morgan fingerprint density at radius 3 is 2.50 bits per heavy atom. The molecular formula is C8H14IN3. The van der Waals surface area contributed by atoms with Crippen molar-refractivity contribution in [1.82, 2.24) is 8.85 Å². The molecule has 68 valence electrons. The van der Waals surface area contributed by atoms with Crippen molar-refractivity contribution in [2.75, 3.05) is 7.05 Å². The van der Waals surface area contributed by atoms with Gasteiger partial charge in [0.15, 0.2) is 0 Å². The molecule has 12 heavy (non-hydrogen) atoms. The molecule has 0 fully saturated rings. The maximum absolute atomic E-state index is 4.15. The topological polar surface area (TPSA) is 36.4 Å². The first-order valence-corrected chi connectivity index (χ1v) is 4.68. The van der Waals surface area contributed by atoms with Crippen LogP contribution in [0.3, 0.4) is 0 Å². The number of hydrogen-bond acceptors (Lipinski definition) is 3. The van der Waals surface area contributed by atoms with Gasteiger partial charge in [-0.05, 0) is 13.8 Å². The highest BCUT2D eigenvalue weighted by Gasteiger charge is 2.01. The van der Waals surface area contributed by atoms with Gasteiger partial charge in [-0.1, -0.05) is 6.58 Å². The number of halogens is 1.